The molecule has 0 radical (unpaired) electrons. The Morgan fingerprint density at radius 1 is 1.23 bits per heavy atom. The predicted molar refractivity (Wildman–Crippen MR) is 122 cm³/mol. The highest BCUT2D eigenvalue weighted by atomic mass is 32.2. The van der Waals surface area contributed by atoms with E-state index in [-0.39, 0.29) is 17.4 Å². The summed E-state index contributed by atoms with van der Waals surface area (Å²) in [4.78, 5) is 12.2. The molecule has 1 heterocycles. The van der Waals surface area contributed by atoms with Crippen LogP contribution in [0.5, 0.6) is 11.5 Å². The standard InChI is InChI=1S/C22H25N5O3S/c1-4-27-21(17-9-6-15(3)7-10-17)25-26-22(27)31-14-20(29)24-23-13-16-8-11-18(28)19(12-16)30-5-2/h6-13,28H,4-5,14H2,1-3H3,(H,24,29)/b23-13-. The van der Waals surface area contributed by atoms with E-state index in [1.54, 1.807) is 12.1 Å². The first-order valence-corrected chi connectivity index (χ1v) is 10.9. The lowest BCUT2D eigenvalue weighted by atomic mass is 10.1. The molecular weight excluding hydrogens is 414 g/mol. The number of hydrogen-bond donors (Lipinski definition) is 2. The Balaban J connectivity index is 1.58. The lowest BCUT2D eigenvalue weighted by Gasteiger charge is -2.07. The van der Waals surface area contributed by atoms with Crippen molar-refractivity contribution in [3.8, 4) is 22.9 Å². The van der Waals surface area contributed by atoms with Crippen molar-refractivity contribution in [1.29, 1.82) is 0 Å². The molecule has 9 heteroatoms. The normalized spacial score (nSPS) is 11.1. The van der Waals surface area contributed by atoms with Crippen LogP contribution >= 0.6 is 11.8 Å². The number of hydrogen-bond acceptors (Lipinski definition) is 7. The Morgan fingerprint density at radius 2 is 2.00 bits per heavy atom. The summed E-state index contributed by atoms with van der Waals surface area (Å²) in [5, 5.41) is 22.9. The second-order valence-electron chi connectivity index (χ2n) is 6.66. The molecule has 0 bridgehead atoms. The second kappa shape index (κ2) is 10.6. The molecular formula is C22H25N5O3S. The van der Waals surface area contributed by atoms with Gasteiger partial charge in [0.05, 0.1) is 18.6 Å². The maximum atomic E-state index is 12.2. The number of ether oxygens (including phenoxy) is 1. The number of phenolic OH excluding ortho intramolecular Hbond substituents is 1. The van der Waals surface area contributed by atoms with Crippen LogP contribution in [0.2, 0.25) is 0 Å². The molecule has 8 nitrogen and oxygen atoms in total. The molecule has 162 valence electrons. The van der Waals surface area contributed by atoms with Crippen LogP contribution in [-0.4, -0.2) is 44.4 Å². The molecule has 0 aliphatic heterocycles. The summed E-state index contributed by atoms with van der Waals surface area (Å²) in [6.45, 7) is 7.03. The van der Waals surface area contributed by atoms with Crippen LogP contribution in [0.4, 0.5) is 0 Å². The Kier molecular flexibility index (Phi) is 7.66. The predicted octanol–water partition coefficient (Wildman–Crippen LogP) is 3.62. The number of benzene rings is 2. The second-order valence-corrected chi connectivity index (χ2v) is 7.60. The zero-order valence-corrected chi connectivity index (χ0v) is 18.5. The number of aromatic nitrogens is 3. The van der Waals surface area contributed by atoms with Gasteiger partial charge in [-0.3, -0.25) is 4.79 Å². The van der Waals surface area contributed by atoms with Crippen LogP contribution in [0.3, 0.4) is 0 Å². The number of carbonyl (C=O) groups is 1. The van der Waals surface area contributed by atoms with Crippen LogP contribution in [0.25, 0.3) is 11.4 Å². The summed E-state index contributed by atoms with van der Waals surface area (Å²) in [6, 6.07) is 13.0. The van der Waals surface area contributed by atoms with Gasteiger partial charge in [-0.15, -0.1) is 10.2 Å². The van der Waals surface area contributed by atoms with Crippen molar-refractivity contribution in [2.75, 3.05) is 12.4 Å². The molecule has 3 rings (SSSR count). The molecule has 0 aliphatic rings. The number of aromatic hydroxyl groups is 1. The van der Waals surface area contributed by atoms with Crippen LogP contribution in [0, 0.1) is 6.92 Å². The Labute approximate surface area is 185 Å². The third-order valence-corrected chi connectivity index (χ3v) is 5.33. The SMILES string of the molecule is CCOc1cc(/C=N\NC(=O)CSc2nnc(-c3ccc(C)cc3)n2CC)ccc1O. The molecule has 1 amide bonds. The van der Waals surface area contributed by atoms with E-state index in [9.17, 15) is 9.90 Å². The molecule has 31 heavy (non-hydrogen) atoms. The fourth-order valence-corrected chi connectivity index (χ4v) is 3.61. The minimum atomic E-state index is -0.257. The smallest absolute Gasteiger partial charge is 0.250 e. The molecule has 0 atom stereocenters. The molecule has 0 fully saturated rings. The number of thioether (sulfide) groups is 1. The number of aryl methyl sites for hydroxylation is 1. The minimum Gasteiger partial charge on any atom is -0.504 e. The quantitative estimate of drug-likeness (QED) is 0.300. The van der Waals surface area contributed by atoms with Crippen molar-refractivity contribution in [3.05, 3.63) is 53.6 Å². The summed E-state index contributed by atoms with van der Waals surface area (Å²) in [7, 11) is 0. The average molecular weight is 440 g/mol. The molecule has 2 aromatic carbocycles. The molecule has 0 saturated heterocycles. The van der Waals surface area contributed by atoms with Gasteiger partial charge in [-0.25, -0.2) is 5.43 Å². The first kappa shape index (κ1) is 22.4. The Morgan fingerprint density at radius 3 is 2.71 bits per heavy atom. The first-order chi connectivity index (χ1) is 15.0. The van der Waals surface area contributed by atoms with Gasteiger partial charge in [-0.05, 0) is 44.5 Å². The monoisotopic (exact) mass is 439 g/mol. The van der Waals surface area contributed by atoms with Gasteiger partial charge in [0.2, 0.25) is 0 Å². The van der Waals surface area contributed by atoms with E-state index in [1.165, 1.54) is 29.6 Å². The summed E-state index contributed by atoms with van der Waals surface area (Å²) in [5.74, 6) is 1.11. The fraction of sp³-hybridized carbons (Fsp3) is 0.273. The fourth-order valence-electron chi connectivity index (χ4n) is 2.82. The van der Waals surface area contributed by atoms with E-state index in [0.717, 1.165) is 11.4 Å². The molecule has 3 aromatic rings. The van der Waals surface area contributed by atoms with Gasteiger partial charge >= 0.3 is 0 Å². The van der Waals surface area contributed by atoms with Crippen molar-refractivity contribution < 1.29 is 14.6 Å². The van der Waals surface area contributed by atoms with Crippen molar-refractivity contribution in [1.82, 2.24) is 20.2 Å². The lowest BCUT2D eigenvalue weighted by Crippen LogP contribution is -2.20. The first-order valence-electron chi connectivity index (χ1n) is 9.92. The van der Waals surface area contributed by atoms with Crippen molar-refractivity contribution in [2.24, 2.45) is 5.10 Å². The van der Waals surface area contributed by atoms with Gasteiger partial charge in [-0.2, -0.15) is 5.10 Å². The van der Waals surface area contributed by atoms with Crippen molar-refractivity contribution in [3.63, 3.8) is 0 Å². The number of nitrogens with one attached hydrogen (secondary N) is 1. The molecule has 0 saturated carbocycles. The largest absolute Gasteiger partial charge is 0.504 e. The topological polar surface area (TPSA) is 102 Å². The summed E-state index contributed by atoms with van der Waals surface area (Å²) in [5.41, 5.74) is 5.36. The highest BCUT2D eigenvalue weighted by Gasteiger charge is 2.14. The van der Waals surface area contributed by atoms with Crippen LogP contribution < -0.4 is 10.2 Å². The van der Waals surface area contributed by atoms with E-state index >= 15 is 0 Å². The summed E-state index contributed by atoms with van der Waals surface area (Å²) in [6.07, 6.45) is 1.49. The minimum absolute atomic E-state index is 0.0597. The van der Waals surface area contributed by atoms with Gasteiger partial charge in [0.15, 0.2) is 22.5 Å². The third-order valence-electron chi connectivity index (χ3n) is 4.36. The maximum Gasteiger partial charge on any atom is 0.250 e. The van der Waals surface area contributed by atoms with Gasteiger partial charge in [0.1, 0.15) is 0 Å². The molecule has 0 spiro atoms. The lowest BCUT2D eigenvalue weighted by molar-refractivity contribution is -0.118. The van der Waals surface area contributed by atoms with E-state index in [4.69, 9.17) is 4.74 Å². The summed E-state index contributed by atoms with van der Waals surface area (Å²) >= 11 is 1.31. The average Bonchev–Trinajstić information content (AvgIpc) is 3.18. The molecule has 2 N–H and O–H groups in total. The number of rotatable bonds is 9. The molecule has 1 aromatic heterocycles. The van der Waals surface area contributed by atoms with E-state index in [0.29, 0.717) is 29.6 Å². The zero-order chi connectivity index (χ0) is 22.2. The van der Waals surface area contributed by atoms with Crippen LogP contribution in [0.1, 0.15) is 25.0 Å². The zero-order valence-electron chi connectivity index (χ0n) is 17.7. The van der Waals surface area contributed by atoms with Crippen molar-refractivity contribution >= 4 is 23.9 Å². The van der Waals surface area contributed by atoms with Gasteiger partial charge in [0.25, 0.3) is 5.91 Å². The summed E-state index contributed by atoms with van der Waals surface area (Å²) < 4.78 is 7.32. The van der Waals surface area contributed by atoms with Gasteiger partial charge < -0.3 is 14.4 Å². The van der Waals surface area contributed by atoms with Gasteiger partial charge in [0, 0.05) is 12.1 Å². The number of nitrogens with zero attached hydrogens (tertiary/aromatic N) is 4. The van der Waals surface area contributed by atoms with Gasteiger partial charge in [-0.1, -0.05) is 41.6 Å². The van der Waals surface area contributed by atoms with E-state index < -0.39 is 0 Å². The molecule has 0 unspecified atom stereocenters. The number of hydrazone groups is 1. The third kappa shape index (κ3) is 5.85. The van der Waals surface area contributed by atoms with E-state index in [2.05, 4.69) is 20.7 Å². The Bertz CT molecular complexity index is 1060. The molecule has 0 aliphatic carbocycles. The highest BCUT2D eigenvalue weighted by molar-refractivity contribution is 7.99. The Hall–Kier alpha value is -3.33. The number of phenols is 1. The van der Waals surface area contributed by atoms with Crippen LogP contribution in [-0.2, 0) is 11.3 Å². The number of carbonyl (C=O) groups excluding carboxylic acids is 1. The van der Waals surface area contributed by atoms with E-state index in [1.807, 2.05) is 49.6 Å². The highest BCUT2D eigenvalue weighted by Crippen LogP contribution is 2.26. The maximum absolute atomic E-state index is 12.2. The number of amides is 1. The van der Waals surface area contributed by atoms with Crippen LogP contribution in [0.15, 0.2) is 52.7 Å². The van der Waals surface area contributed by atoms with Crippen molar-refractivity contribution in [2.45, 2.75) is 32.5 Å².